The summed E-state index contributed by atoms with van der Waals surface area (Å²) in [5.74, 6) is -1.54. The number of anilines is 1. The number of aryl methyl sites for hydroxylation is 1. The Morgan fingerprint density at radius 2 is 1.78 bits per heavy atom. The molecule has 3 N–H and O–H groups in total. The highest BCUT2D eigenvalue weighted by molar-refractivity contribution is 7.13. The summed E-state index contributed by atoms with van der Waals surface area (Å²) in [6.45, 7) is 3.37. The zero-order chi connectivity index (χ0) is 17.0. The van der Waals surface area contributed by atoms with Gasteiger partial charge in [-0.15, -0.1) is 11.3 Å². The smallest absolute Gasteiger partial charge is 0.349 e. The molecule has 0 saturated carbocycles. The number of hydrogen-bond acceptors (Lipinski definition) is 5. The minimum absolute atomic E-state index is 0.343. The number of carbonyl (C=O) groups is 3. The molecule has 2 aromatic rings. The monoisotopic (exact) mass is 332 g/mol. The number of primary amides is 1. The molecule has 0 radical (unpaired) electrons. The van der Waals surface area contributed by atoms with Gasteiger partial charge >= 0.3 is 5.97 Å². The summed E-state index contributed by atoms with van der Waals surface area (Å²) in [6, 6.07) is 9.58. The van der Waals surface area contributed by atoms with E-state index in [1.54, 1.807) is 18.2 Å². The van der Waals surface area contributed by atoms with Crippen LogP contribution in [0.5, 0.6) is 0 Å². The van der Waals surface area contributed by atoms with E-state index in [1.807, 2.05) is 13.0 Å². The average Bonchev–Trinajstić information content (AvgIpc) is 2.94. The van der Waals surface area contributed by atoms with Crippen LogP contribution in [0.25, 0.3) is 0 Å². The first-order valence-electron chi connectivity index (χ1n) is 6.85. The molecule has 1 heterocycles. The van der Waals surface area contributed by atoms with Gasteiger partial charge in [0.25, 0.3) is 5.91 Å². The van der Waals surface area contributed by atoms with Crippen molar-refractivity contribution in [1.29, 1.82) is 0 Å². The lowest BCUT2D eigenvalue weighted by Gasteiger charge is -2.13. The zero-order valence-electron chi connectivity index (χ0n) is 12.7. The van der Waals surface area contributed by atoms with Gasteiger partial charge in [-0.25, -0.2) is 4.79 Å². The molecule has 7 heteroatoms. The van der Waals surface area contributed by atoms with Crippen molar-refractivity contribution in [3.8, 4) is 0 Å². The van der Waals surface area contributed by atoms with Gasteiger partial charge in [0.2, 0.25) is 5.91 Å². The van der Waals surface area contributed by atoms with Gasteiger partial charge in [0.15, 0.2) is 6.10 Å². The molecule has 0 fully saturated rings. The van der Waals surface area contributed by atoms with Gasteiger partial charge in [0.05, 0.1) is 0 Å². The van der Waals surface area contributed by atoms with Crippen LogP contribution < -0.4 is 11.1 Å². The molecule has 1 atom stereocenters. The standard InChI is InChI=1S/C16H16N2O4S/c1-9-3-8-13(23-9)16(21)22-10(2)15(20)18-12-6-4-11(5-7-12)14(17)19/h3-8,10H,1-2H3,(H2,17,19)(H,18,20)/t10-/m0/s1. The lowest BCUT2D eigenvalue weighted by molar-refractivity contribution is -0.123. The molecular weight excluding hydrogens is 316 g/mol. The number of benzene rings is 1. The molecule has 0 saturated heterocycles. The van der Waals surface area contributed by atoms with Crippen LogP contribution in [0, 0.1) is 6.92 Å². The first kappa shape index (κ1) is 16.7. The van der Waals surface area contributed by atoms with E-state index in [0.717, 1.165) is 4.88 Å². The highest BCUT2D eigenvalue weighted by Crippen LogP contribution is 2.17. The van der Waals surface area contributed by atoms with Crippen LogP contribution in [-0.2, 0) is 9.53 Å². The highest BCUT2D eigenvalue weighted by Gasteiger charge is 2.20. The number of nitrogens with one attached hydrogen (secondary N) is 1. The Morgan fingerprint density at radius 1 is 1.13 bits per heavy atom. The summed E-state index contributed by atoms with van der Waals surface area (Å²) >= 11 is 1.31. The van der Waals surface area contributed by atoms with Crippen LogP contribution in [0.1, 0.15) is 31.8 Å². The van der Waals surface area contributed by atoms with Crippen LogP contribution >= 0.6 is 11.3 Å². The first-order chi connectivity index (χ1) is 10.9. The van der Waals surface area contributed by atoms with Crippen LogP contribution in [0.15, 0.2) is 36.4 Å². The largest absolute Gasteiger partial charge is 0.448 e. The van der Waals surface area contributed by atoms with E-state index in [9.17, 15) is 14.4 Å². The highest BCUT2D eigenvalue weighted by atomic mass is 32.1. The third-order valence-corrected chi connectivity index (χ3v) is 4.01. The minimum Gasteiger partial charge on any atom is -0.448 e. The number of carbonyl (C=O) groups excluding carboxylic acids is 3. The van der Waals surface area contributed by atoms with E-state index in [-0.39, 0.29) is 0 Å². The molecule has 0 unspecified atom stereocenters. The lowest BCUT2D eigenvalue weighted by atomic mass is 10.2. The van der Waals surface area contributed by atoms with Gasteiger partial charge in [-0.3, -0.25) is 9.59 Å². The number of thiophene rings is 1. The number of hydrogen-bond donors (Lipinski definition) is 2. The Morgan fingerprint density at radius 3 is 2.30 bits per heavy atom. The Kier molecular flexibility index (Phi) is 5.13. The molecule has 120 valence electrons. The summed E-state index contributed by atoms with van der Waals surface area (Å²) < 4.78 is 5.13. The van der Waals surface area contributed by atoms with Crippen LogP contribution in [0.2, 0.25) is 0 Å². The minimum atomic E-state index is -0.944. The van der Waals surface area contributed by atoms with Crippen molar-refractivity contribution in [1.82, 2.24) is 0 Å². The van der Waals surface area contributed by atoms with Crippen molar-refractivity contribution in [2.24, 2.45) is 5.73 Å². The van der Waals surface area contributed by atoms with Crippen LogP contribution in [-0.4, -0.2) is 23.9 Å². The molecule has 0 aliphatic heterocycles. The van der Waals surface area contributed by atoms with E-state index in [2.05, 4.69) is 5.32 Å². The summed E-state index contributed by atoms with van der Waals surface area (Å²) in [5.41, 5.74) is 5.97. The number of esters is 1. The number of rotatable bonds is 5. The van der Waals surface area contributed by atoms with Gasteiger partial charge in [-0.05, 0) is 50.2 Å². The lowest BCUT2D eigenvalue weighted by Crippen LogP contribution is -2.29. The van der Waals surface area contributed by atoms with Gasteiger partial charge in [0, 0.05) is 16.1 Å². The second-order valence-corrected chi connectivity index (χ2v) is 6.18. The molecule has 0 bridgehead atoms. The average molecular weight is 332 g/mol. The van der Waals surface area contributed by atoms with E-state index in [4.69, 9.17) is 10.5 Å². The fourth-order valence-electron chi connectivity index (χ4n) is 1.78. The molecule has 1 aromatic carbocycles. The molecule has 0 aliphatic rings. The molecule has 2 amide bonds. The fourth-order valence-corrected chi connectivity index (χ4v) is 2.53. The molecule has 1 aromatic heterocycles. The second-order valence-electron chi connectivity index (χ2n) is 4.89. The fraction of sp³-hybridized carbons (Fsp3) is 0.188. The van der Waals surface area contributed by atoms with Crippen molar-refractivity contribution >= 4 is 34.8 Å². The summed E-state index contributed by atoms with van der Waals surface area (Å²) in [6.07, 6.45) is -0.944. The summed E-state index contributed by atoms with van der Waals surface area (Å²) in [7, 11) is 0. The maximum Gasteiger partial charge on any atom is 0.349 e. The first-order valence-corrected chi connectivity index (χ1v) is 7.66. The SMILES string of the molecule is Cc1ccc(C(=O)O[C@@H](C)C(=O)Nc2ccc(C(N)=O)cc2)s1. The Balaban J connectivity index is 1.94. The maximum absolute atomic E-state index is 12.0. The third kappa shape index (κ3) is 4.40. The van der Waals surface area contributed by atoms with E-state index < -0.39 is 23.9 Å². The van der Waals surface area contributed by atoms with Crippen molar-refractivity contribution in [2.45, 2.75) is 20.0 Å². The molecule has 23 heavy (non-hydrogen) atoms. The molecule has 2 rings (SSSR count). The van der Waals surface area contributed by atoms with Crippen LogP contribution in [0.4, 0.5) is 5.69 Å². The predicted molar refractivity (Wildman–Crippen MR) is 87.5 cm³/mol. The Labute approximate surface area is 137 Å². The molecular formula is C16H16N2O4S. The van der Waals surface area contributed by atoms with E-state index >= 15 is 0 Å². The van der Waals surface area contributed by atoms with Gasteiger partial charge < -0.3 is 15.8 Å². The Hall–Kier alpha value is -2.67. The van der Waals surface area contributed by atoms with Gasteiger partial charge in [-0.2, -0.15) is 0 Å². The summed E-state index contributed by atoms with van der Waals surface area (Å²) in [5, 5.41) is 2.60. The number of amides is 2. The Bertz CT molecular complexity index is 737. The third-order valence-electron chi connectivity index (χ3n) is 3.03. The molecule has 0 spiro atoms. The van der Waals surface area contributed by atoms with Crippen molar-refractivity contribution in [3.63, 3.8) is 0 Å². The van der Waals surface area contributed by atoms with Gasteiger partial charge in [0.1, 0.15) is 4.88 Å². The molecule has 6 nitrogen and oxygen atoms in total. The van der Waals surface area contributed by atoms with Crippen LogP contribution in [0.3, 0.4) is 0 Å². The van der Waals surface area contributed by atoms with Crippen molar-refractivity contribution in [2.75, 3.05) is 5.32 Å². The van der Waals surface area contributed by atoms with E-state index in [0.29, 0.717) is 16.1 Å². The zero-order valence-corrected chi connectivity index (χ0v) is 13.5. The number of nitrogens with two attached hydrogens (primary N) is 1. The topological polar surface area (TPSA) is 98.5 Å². The maximum atomic E-state index is 12.0. The summed E-state index contributed by atoms with van der Waals surface area (Å²) in [4.78, 5) is 36.3. The molecule has 0 aliphatic carbocycles. The van der Waals surface area contributed by atoms with Crippen molar-refractivity contribution in [3.05, 3.63) is 51.7 Å². The number of ether oxygens (including phenoxy) is 1. The van der Waals surface area contributed by atoms with Crippen molar-refractivity contribution < 1.29 is 19.1 Å². The van der Waals surface area contributed by atoms with E-state index in [1.165, 1.54) is 30.4 Å². The normalized spacial score (nSPS) is 11.6. The van der Waals surface area contributed by atoms with Gasteiger partial charge in [-0.1, -0.05) is 0 Å². The quantitative estimate of drug-likeness (QED) is 0.821. The predicted octanol–water partition coefficient (Wildman–Crippen LogP) is 2.34. The second kappa shape index (κ2) is 7.06.